The molecule has 1 unspecified atom stereocenters. The number of rotatable bonds is 7. The van der Waals surface area contributed by atoms with E-state index in [0.29, 0.717) is 10.8 Å². The van der Waals surface area contributed by atoms with E-state index in [9.17, 15) is 8.42 Å². The van der Waals surface area contributed by atoms with Gasteiger partial charge in [-0.2, -0.15) is 0 Å². The Balaban J connectivity index is 1.99. The maximum absolute atomic E-state index is 12.1. The minimum Gasteiger partial charge on any atom is -0.316 e. The Kier molecular flexibility index (Phi) is 4.42. The second-order valence-corrected chi connectivity index (χ2v) is 7.86. The van der Waals surface area contributed by atoms with Gasteiger partial charge in [0.05, 0.1) is 0 Å². The molecule has 1 saturated carbocycles. The Morgan fingerprint density at radius 2 is 2.22 bits per heavy atom. The molecule has 2 rings (SSSR count). The molecule has 2 N–H and O–H groups in total. The lowest BCUT2D eigenvalue weighted by Crippen LogP contribution is -2.32. The molecule has 1 aliphatic rings. The summed E-state index contributed by atoms with van der Waals surface area (Å²) in [5, 5.41) is 4.90. The molecule has 1 aromatic heterocycles. The van der Waals surface area contributed by atoms with Crippen LogP contribution < -0.4 is 10.0 Å². The molecule has 1 aromatic rings. The predicted molar refractivity (Wildman–Crippen MR) is 74.2 cm³/mol. The van der Waals surface area contributed by atoms with E-state index in [-0.39, 0.29) is 6.04 Å². The number of hydrogen-bond donors (Lipinski definition) is 2. The Morgan fingerprint density at radius 3 is 2.83 bits per heavy atom. The van der Waals surface area contributed by atoms with Crippen molar-refractivity contribution in [1.82, 2.24) is 10.0 Å². The smallest absolute Gasteiger partial charge is 0.250 e. The average molecular weight is 288 g/mol. The molecule has 4 nitrogen and oxygen atoms in total. The van der Waals surface area contributed by atoms with Crippen LogP contribution in [0.3, 0.4) is 0 Å². The van der Waals surface area contributed by atoms with Gasteiger partial charge in [-0.1, -0.05) is 12.8 Å². The van der Waals surface area contributed by atoms with Gasteiger partial charge in [0.25, 0.3) is 0 Å². The zero-order valence-electron chi connectivity index (χ0n) is 10.8. The summed E-state index contributed by atoms with van der Waals surface area (Å²) in [5.41, 5.74) is 1.01. The van der Waals surface area contributed by atoms with Crippen molar-refractivity contribution in [2.45, 2.75) is 43.0 Å². The summed E-state index contributed by atoms with van der Waals surface area (Å²) in [6.45, 7) is 2.64. The molecule has 1 aliphatic carbocycles. The minimum atomic E-state index is -3.33. The van der Waals surface area contributed by atoms with Crippen LogP contribution in [0.1, 0.15) is 31.7 Å². The van der Waals surface area contributed by atoms with Crippen molar-refractivity contribution in [2.75, 3.05) is 7.05 Å². The molecule has 0 spiro atoms. The summed E-state index contributed by atoms with van der Waals surface area (Å²) in [7, 11) is -1.49. The first-order valence-corrected chi connectivity index (χ1v) is 8.62. The molecule has 0 bridgehead atoms. The van der Waals surface area contributed by atoms with Crippen LogP contribution in [0, 0.1) is 5.92 Å². The normalized spacial score (nSPS) is 17.9. The number of nitrogens with one attached hydrogen (secondary N) is 2. The van der Waals surface area contributed by atoms with Gasteiger partial charge in [0.1, 0.15) is 4.21 Å². The average Bonchev–Trinajstić information content (AvgIpc) is 2.94. The van der Waals surface area contributed by atoms with Crippen LogP contribution in [0.15, 0.2) is 15.7 Å². The van der Waals surface area contributed by atoms with Crippen molar-refractivity contribution in [3.8, 4) is 0 Å². The largest absolute Gasteiger partial charge is 0.316 e. The molecule has 0 aliphatic heterocycles. The van der Waals surface area contributed by atoms with Gasteiger partial charge in [-0.15, -0.1) is 11.3 Å². The van der Waals surface area contributed by atoms with Crippen LogP contribution in [-0.4, -0.2) is 21.5 Å². The van der Waals surface area contributed by atoms with Crippen LogP contribution in [0.25, 0.3) is 0 Å². The van der Waals surface area contributed by atoms with Crippen LogP contribution in [0.5, 0.6) is 0 Å². The molecule has 102 valence electrons. The Bertz CT molecular complexity index is 492. The highest BCUT2D eigenvalue weighted by molar-refractivity contribution is 7.91. The third kappa shape index (κ3) is 3.78. The summed E-state index contributed by atoms with van der Waals surface area (Å²) in [6.07, 6.45) is 3.45. The van der Waals surface area contributed by atoms with Gasteiger partial charge >= 0.3 is 0 Å². The summed E-state index contributed by atoms with van der Waals surface area (Å²) in [6, 6.07) is 1.77. The van der Waals surface area contributed by atoms with Gasteiger partial charge in [0, 0.05) is 12.6 Å². The van der Waals surface area contributed by atoms with Crippen molar-refractivity contribution >= 4 is 21.4 Å². The first-order valence-electron chi connectivity index (χ1n) is 6.25. The highest BCUT2D eigenvalue weighted by Gasteiger charge is 2.26. The van der Waals surface area contributed by atoms with E-state index >= 15 is 0 Å². The van der Waals surface area contributed by atoms with Gasteiger partial charge in [0.15, 0.2) is 0 Å². The summed E-state index contributed by atoms with van der Waals surface area (Å²) < 4.78 is 27.5. The van der Waals surface area contributed by atoms with Gasteiger partial charge < -0.3 is 5.32 Å². The van der Waals surface area contributed by atoms with E-state index in [4.69, 9.17) is 0 Å². The van der Waals surface area contributed by atoms with E-state index in [1.807, 2.05) is 19.4 Å². The molecule has 6 heteroatoms. The van der Waals surface area contributed by atoms with Gasteiger partial charge in [0.2, 0.25) is 10.0 Å². The SMILES string of the molecule is CNCc1csc(S(=O)(=O)NC(C)CC2CC2)c1. The quantitative estimate of drug-likeness (QED) is 0.806. The molecular formula is C12H20N2O2S2. The third-order valence-electron chi connectivity index (χ3n) is 3.02. The Labute approximate surface area is 113 Å². The fourth-order valence-electron chi connectivity index (χ4n) is 2.02. The summed E-state index contributed by atoms with van der Waals surface area (Å²) in [5.74, 6) is 0.728. The maximum atomic E-state index is 12.1. The van der Waals surface area contributed by atoms with Crippen LogP contribution in [0.4, 0.5) is 0 Å². The van der Waals surface area contributed by atoms with Crippen molar-refractivity contribution < 1.29 is 8.42 Å². The van der Waals surface area contributed by atoms with Gasteiger partial charge in [-0.3, -0.25) is 0 Å². The first kappa shape index (κ1) is 14.0. The first-order chi connectivity index (χ1) is 8.51. The molecular weight excluding hydrogens is 268 g/mol. The fourth-order valence-corrected chi connectivity index (χ4v) is 4.50. The molecule has 1 atom stereocenters. The lowest BCUT2D eigenvalue weighted by atomic mass is 10.2. The third-order valence-corrected chi connectivity index (χ3v) is 6.09. The highest BCUT2D eigenvalue weighted by atomic mass is 32.2. The molecule has 0 aromatic carbocycles. The number of thiophene rings is 1. The Morgan fingerprint density at radius 1 is 1.50 bits per heavy atom. The lowest BCUT2D eigenvalue weighted by Gasteiger charge is -2.12. The van der Waals surface area contributed by atoms with Crippen molar-refractivity contribution in [1.29, 1.82) is 0 Å². The van der Waals surface area contributed by atoms with Crippen molar-refractivity contribution in [3.05, 3.63) is 17.0 Å². The molecule has 0 amide bonds. The number of sulfonamides is 1. The topological polar surface area (TPSA) is 58.2 Å². The van der Waals surface area contributed by atoms with Crippen LogP contribution >= 0.6 is 11.3 Å². The molecule has 1 fully saturated rings. The van der Waals surface area contributed by atoms with Crippen molar-refractivity contribution in [3.63, 3.8) is 0 Å². The molecule has 0 radical (unpaired) electrons. The van der Waals surface area contributed by atoms with Crippen LogP contribution in [0.2, 0.25) is 0 Å². The second kappa shape index (κ2) is 5.69. The molecule has 1 heterocycles. The molecule has 18 heavy (non-hydrogen) atoms. The summed E-state index contributed by atoms with van der Waals surface area (Å²) >= 11 is 1.28. The second-order valence-electron chi connectivity index (χ2n) is 5.01. The van der Waals surface area contributed by atoms with E-state index in [0.717, 1.165) is 17.9 Å². The van der Waals surface area contributed by atoms with E-state index in [1.54, 1.807) is 6.07 Å². The van der Waals surface area contributed by atoms with E-state index in [2.05, 4.69) is 10.0 Å². The zero-order valence-corrected chi connectivity index (χ0v) is 12.4. The summed E-state index contributed by atoms with van der Waals surface area (Å²) in [4.78, 5) is 0. The van der Waals surface area contributed by atoms with Gasteiger partial charge in [-0.05, 0) is 43.3 Å². The van der Waals surface area contributed by atoms with E-state index in [1.165, 1.54) is 24.2 Å². The Hall–Kier alpha value is -0.430. The van der Waals surface area contributed by atoms with Gasteiger partial charge in [-0.25, -0.2) is 13.1 Å². The zero-order chi connectivity index (χ0) is 13.2. The minimum absolute atomic E-state index is 0.0253. The highest BCUT2D eigenvalue weighted by Crippen LogP contribution is 2.33. The lowest BCUT2D eigenvalue weighted by molar-refractivity contribution is 0.531. The predicted octanol–water partition coefficient (Wildman–Crippen LogP) is 1.93. The fraction of sp³-hybridized carbons (Fsp3) is 0.667. The maximum Gasteiger partial charge on any atom is 0.250 e. The molecule has 0 saturated heterocycles. The standard InChI is InChI=1S/C12H20N2O2S2/c1-9(5-10-3-4-10)14-18(15,16)12-6-11(7-13-2)8-17-12/h6,8-10,13-14H,3-5,7H2,1-2H3. The van der Waals surface area contributed by atoms with E-state index < -0.39 is 10.0 Å². The number of hydrogen-bond acceptors (Lipinski definition) is 4. The monoisotopic (exact) mass is 288 g/mol. The van der Waals surface area contributed by atoms with Crippen LogP contribution in [-0.2, 0) is 16.6 Å². The van der Waals surface area contributed by atoms with Crippen molar-refractivity contribution in [2.24, 2.45) is 5.92 Å².